The molecule has 5 aromatic carbocycles. The van der Waals surface area contributed by atoms with E-state index in [4.69, 9.17) is 14.4 Å². The smallest absolute Gasteiger partial charge is 0.182 e. The first-order chi connectivity index (χ1) is 23.3. The van der Waals surface area contributed by atoms with E-state index >= 15 is 0 Å². The summed E-state index contributed by atoms with van der Waals surface area (Å²) < 4.78 is 6.16. The zero-order valence-electron chi connectivity index (χ0n) is 25.6. The Kier molecular flexibility index (Phi) is 4.52. The minimum absolute atomic E-state index is 0.443. The molecular weight excluding hydrogens is 572 g/mol. The van der Waals surface area contributed by atoms with Crippen molar-refractivity contribution in [3.63, 3.8) is 0 Å². The number of oxazole rings is 1. The zero-order chi connectivity index (χ0) is 30.4. The van der Waals surface area contributed by atoms with Crippen LogP contribution < -0.4 is 0 Å². The lowest BCUT2D eigenvalue weighted by Gasteiger charge is -3.07. The first kappa shape index (κ1) is 24.9. The van der Waals surface area contributed by atoms with Gasteiger partial charge in [0.15, 0.2) is 12.0 Å². The lowest BCUT2D eigenvalue weighted by molar-refractivity contribution is -0.581. The molecule has 6 fully saturated rings. The van der Waals surface area contributed by atoms with Crippen molar-refractivity contribution in [2.24, 2.45) is 41.4 Å². The molecule has 7 aromatic rings. The Labute approximate surface area is 273 Å². The van der Waals surface area contributed by atoms with Gasteiger partial charge < -0.3 is 4.42 Å². The van der Waals surface area contributed by atoms with Gasteiger partial charge in [-0.15, -0.1) is 0 Å². The van der Waals surface area contributed by atoms with E-state index < -0.39 is 0 Å². The van der Waals surface area contributed by atoms with Gasteiger partial charge in [0, 0.05) is 22.1 Å². The highest BCUT2D eigenvalue weighted by Gasteiger charge is 3.04. The molecule has 0 bridgehead atoms. The van der Waals surface area contributed by atoms with Crippen LogP contribution in [0.25, 0.3) is 67.0 Å². The fourth-order valence-electron chi connectivity index (χ4n) is 11.5. The highest BCUT2D eigenvalue weighted by molar-refractivity contribution is 5.94. The average molecular weight is 603 g/mol. The molecule has 0 atom stereocenters. The van der Waals surface area contributed by atoms with Crippen molar-refractivity contribution in [2.75, 3.05) is 0 Å². The number of aromatic nitrogens is 2. The van der Waals surface area contributed by atoms with Crippen molar-refractivity contribution >= 4 is 11.1 Å². The molecule has 6 aliphatic carbocycles. The SMILES string of the molecule is c1ccc(-c2cc(-c3cccc(-c4cccc(-c5ccc(C67C8C9C%10C8C6C%10C97)c6ncoc56)c4)c3)cc(-c3ccccc3)n2)cc1. The highest BCUT2D eigenvalue weighted by atomic mass is 16.3. The fourth-order valence-corrected chi connectivity index (χ4v) is 11.5. The Hall–Kier alpha value is -5.28. The number of hydrogen-bond acceptors (Lipinski definition) is 3. The minimum atomic E-state index is 0.443. The monoisotopic (exact) mass is 602 g/mol. The van der Waals surface area contributed by atoms with E-state index in [9.17, 15) is 0 Å². The molecule has 6 saturated carbocycles. The van der Waals surface area contributed by atoms with Crippen LogP contribution in [-0.2, 0) is 5.41 Å². The average Bonchev–Trinajstić information content (AvgIpc) is 3.66. The van der Waals surface area contributed by atoms with E-state index in [0.29, 0.717) is 5.41 Å². The Morgan fingerprint density at radius 3 is 1.62 bits per heavy atom. The van der Waals surface area contributed by atoms with E-state index in [1.807, 2.05) is 12.1 Å². The maximum absolute atomic E-state index is 6.16. The summed E-state index contributed by atoms with van der Waals surface area (Å²) in [6, 6.07) is 47.8. The van der Waals surface area contributed by atoms with Gasteiger partial charge in [-0.25, -0.2) is 9.97 Å². The largest absolute Gasteiger partial charge is 0.443 e. The number of nitrogens with zero attached hydrogens (tertiary/aromatic N) is 2. The van der Waals surface area contributed by atoms with Gasteiger partial charge in [-0.3, -0.25) is 0 Å². The minimum Gasteiger partial charge on any atom is -0.443 e. The predicted octanol–water partition coefficient (Wildman–Crippen LogP) is 10.2. The topological polar surface area (TPSA) is 38.9 Å². The molecule has 47 heavy (non-hydrogen) atoms. The van der Waals surface area contributed by atoms with Gasteiger partial charge in [0.2, 0.25) is 0 Å². The van der Waals surface area contributed by atoms with Crippen molar-refractivity contribution in [3.8, 4) is 55.9 Å². The molecule has 3 nitrogen and oxygen atoms in total. The first-order valence-corrected chi connectivity index (χ1v) is 17.0. The summed E-state index contributed by atoms with van der Waals surface area (Å²) in [4.78, 5) is 9.92. The Morgan fingerprint density at radius 2 is 1.00 bits per heavy atom. The molecule has 0 saturated heterocycles. The first-order valence-electron chi connectivity index (χ1n) is 17.0. The number of fused-ring (bicyclic) bond motifs is 1. The zero-order valence-corrected chi connectivity index (χ0v) is 25.6. The van der Waals surface area contributed by atoms with Crippen LogP contribution in [-0.4, -0.2) is 9.97 Å². The molecule has 6 aliphatic rings. The highest BCUT2D eigenvalue weighted by Crippen LogP contribution is 3.05. The maximum atomic E-state index is 6.16. The normalized spacial score (nSPS) is 29.6. The summed E-state index contributed by atoms with van der Waals surface area (Å²) in [6.07, 6.45) is 1.66. The Balaban J connectivity index is 0.928. The van der Waals surface area contributed by atoms with Gasteiger partial charge in [0.25, 0.3) is 0 Å². The van der Waals surface area contributed by atoms with Crippen LogP contribution in [0.15, 0.2) is 144 Å². The summed E-state index contributed by atoms with van der Waals surface area (Å²) >= 11 is 0. The predicted molar refractivity (Wildman–Crippen MR) is 185 cm³/mol. The van der Waals surface area contributed by atoms with Gasteiger partial charge >= 0.3 is 0 Å². The van der Waals surface area contributed by atoms with E-state index in [1.54, 1.807) is 6.39 Å². The van der Waals surface area contributed by atoms with Crippen LogP contribution in [0.5, 0.6) is 0 Å². The molecule has 2 aromatic heterocycles. The second-order valence-electron chi connectivity index (χ2n) is 14.5. The summed E-state index contributed by atoms with van der Waals surface area (Å²) in [5, 5.41) is 0. The van der Waals surface area contributed by atoms with Crippen LogP contribution in [0.3, 0.4) is 0 Å². The van der Waals surface area contributed by atoms with Gasteiger partial charge in [-0.1, -0.05) is 109 Å². The Morgan fingerprint density at radius 1 is 0.468 bits per heavy atom. The Bertz CT molecular complexity index is 2320. The van der Waals surface area contributed by atoms with Crippen molar-refractivity contribution < 1.29 is 4.42 Å². The molecule has 0 radical (unpaired) electrons. The van der Waals surface area contributed by atoms with Gasteiger partial charge in [-0.05, 0) is 99.1 Å². The molecule has 3 heteroatoms. The molecule has 2 heterocycles. The standard InChI is InChI=1S/C44H30N2O/c1-3-9-24(10-4-1)33-21-30(22-34(46-33)25-11-5-2-6-12-25)28-15-7-13-26(19-28)27-14-8-16-29(20-27)31-17-18-32(42-43(31)47-23-45-42)44-39-36-35-37(39)41(44)38(35)40(36)44/h1-23,35-41H. The number of hydrogen-bond donors (Lipinski definition) is 0. The van der Waals surface area contributed by atoms with E-state index in [-0.39, 0.29) is 0 Å². The fraction of sp³-hybridized carbons (Fsp3) is 0.182. The molecule has 0 amide bonds. The van der Waals surface area contributed by atoms with Crippen LogP contribution in [0.1, 0.15) is 5.56 Å². The van der Waals surface area contributed by atoms with Gasteiger partial charge in [0.05, 0.1) is 11.4 Å². The van der Waals surface area contributed by atoms with E-state index in [0.717, 1.165) is 91.7 Å². The van der Waals surface area contributed by atoms with Crippen molar-refractivity contribution in [1.82, 2.24) is 9.97 Å². The third kappa shape index (κ3) is 2.88. The molecule has 222 valence electrons. The quantitative estimate of drug-likeness (QED) is 0.190. The van der Waals surface area contributed by atoms with E-state index in [2.05, 4.69) is 121 Å². The lowest BCUT2D eigenvalue weighted by Crippen LogP contribution is -3.06. The second kappa shape index (κ2) is 8.54. The van der Waals surface area contributed by atoms with Crippen LogP contribution in [0, 0.1) is 41.4 Å². The molecule has 0 aliphatic heterocycles. The summed E-state index contributed by atoms with van der Waals surface area (Å²) in [7, 11) is 0. The lowest BCUT2D eigenvalue weighted by atomic mass is 8.96. The van der Waals surface area contributed by atoms with Gasteiger partial charge in [0.1, 0.15) is 5.52 Å². The third-order valence-electron chi connectivity index (χ3n) is 13.1. The van der Waals surface area contributed by atoms with Crippen LogP contribution in [0.2, 0.25) is 0 Å². The number of pyridine rings is 1. The number of benzene rings is 5. The molecular formula is C44H30N2O. The van der Waals surface area contributed by atoms with E-state index in [1.165, 1.54) is 22.3 Å². The number of rotatable bonds is 6. The maximum Gasteiger partial charge on any atom is 0.182 e. The molecule has 0 N–H and O–H groups in total. The van der Waals surface area contributed by atoms with Gasteiger partial charge in [-0.2, -0.15) is 0 Å². The third-order valence-corrected chi connectivity index (χ3v) is 13.1. The van der Waals surface area contributed by atoms with Crippen LogP contribution >= 0.6 is 0 Å². The molecule has 13 rings (SSSR count). The summed E-state index contributed by atoms with van der Waals surface area (Å²) in [5.74, 6) is 7.09. The molecule has 0 unspecified atom stereocenters. The van der Waals surface area contributed by atoms with Crippen molar-refractivity contribution in [3.05, 3.63) is 145 Å². The molecule has 0 spiro atoms. The summed E-state index contributed by atoms with van der Waals surface area (Å²) in [6.45, 7) is 0. The summed E-state index contributed by atoms with van der Waals surface area (Å²) in [5.41, 5.74) is 15.1. The second-order valence-corrected chi connectivity index (χ2v) is 14.5. The van der Waals surface area contributed by atoms with Crippen molar-refractivity contribution in [1.29, 1.82) is 0 Å². The van der Waals surface area contributed by atoms with Crippen molar-refractivity contribution in [2.45, 2.75) is 5.41 Å². The van der Waals surface area contributed by atoms with Crippen LogP contribution in [0.4, 0.5) is 0 Å².